The van der Waals surface area contributed by atoms with E-state index in [1.165, 1.54) is 4.90 Å². The van der Waals surface area contributed by atoms with Gasteiger partial charge in [0.05, 0.1) is 6.54 Å². The normalized spacial score (nSPS) is 10.4. The van der Waals surface area contributed by atoms with Gasteiger partial charge < -0.3 is 10.2 Å². The van der Waals surface area contributed by atoms with Crippen LogP contribution in [0.25, 0.3) is 0 Å². The third-order valence-electron chi connectivity index (χ3n) is 4.28. The molecule has 0 radical (unpaired) electrons. The van der Waals surface area contributed by atoms with Crippen LogP contribution in [0.4, 0.5) is 5.69 Å². The highest BCUT2D eigenvalue weighted by atomic mass is 35.5. The molecule has 0 saturated carbocycles. The van der Waals surface area contributed by atoms with Gasteiger partial charge in [0.1, 0.15) is 0 Å². The zero-order valence-corrected chi connectivity index (χ0v) is 16.5. The van der Waals surface area contributed by atoms with Crippen LogP contribution in [0.15, 0.2) is 42.5 Å². The number of nitrogens with zero attached hydrogens (tertiary/aromatic N) is 1. The van der Waals surface area contributed by atoms with Crippen molar-refractivity contribution in [3.05, 3.63) is 64.2 Å². The first-order valence-corrected chi connectivity index (χ1v) is 9.04. The molecule has 1 N–H and O–H groups in total. The van der Waals surface area contributed by atoms with Gasteiger partial charge in [-0.2, -0.15) is 0 Å². The van der Waals surface area contributed by atoms with E-state index in [1.807, 2.05) is 32.0 Å². The minimum Gasteiger partial charge on any atom is -0.336 e. The summed E-state index contributed by atoms with van der Waals surface area (Å²) in [5.41, 5.74) is 3.21. The molecule has 0 atom stereocenters. The SMILES string of the molecule is Cc1cccc(C)c1NC(=O)CN(C)C(=O)CCC(=O)c1ccc(Cl)cc1. The molecular formula is C21H23ClN2O3. The molecule has 2 aromatic carbocycles. The molecule has 0 spiro atoms. The summed E-state index contributed by atoms with van der Waals surface area (Å²) in [6.45, 7) is 3.77. The molecule has 2 rings (SSSR count). The second-order valence-electron chi connectivity index (χ2n) is 6.49. The lowest BCUT2D eigenvalue weighted by Gasteiger charge is -2.18. The Morgan fingerprint density at radius 1 is 0.963 bits per heavy atom. The fourth-order valence-electron chi connectivity index (χ4n) is 2.69. The zero-order valence-electron chi connectivity index (χ0n) is 15.7. The predicted octanol–water partition coefficient (Wildman–Crippen LogP) is 4.02. The number of hydrogen-bond acceptors (Lipinski definition) is 3. The summed E-state index contributed by atoms with van der Waals surface area (Å²) in [5.74, 6) is -0.658. The summed E-state index contributed by atoms with van der Waals surface area (Å²) in [6.07, 6.45) is 0.137. The number of carbonyl (C=O) groups excluding carboxylic acids is 3. The summed E-state index contributed by atoms with van der Waals surface area (Å²) in [7, 11) is 1.55. The predicted molar refractivity (Wildman–Crippen MR) is 107 cm³/mol. The molecule has 0 heterocycles. The Morgan fingerprint density at radius 2 is 1.56 bits per heavy atom. The number of hydrogen-bond donors (Lipinski definition) is 1. The monoisotopic (exact) mass is 386 g/mol. The highest BCUT2D eigenvalue weighted by Crippen LogP contribution is 2.19. The van der Waals surface area contributed by atoms with Crippen molar-refractivity contribution in [3.63, 3.8) is 0 Å². The van der Waals surface area contributed by atoms with Crippen molar-refractivity contribution in [1.82, 2.24) is 4.90 Å². The van der Waals surface area contributed by atoms with Gasteiger partial charge in [-0.15, -0.1) is 0 Å². The Labute approximate surface area is 164 Å². The molecule has 0 fully saturated rings. The number of halogens is 1. The number of aryl methyl sites for hydroxylation is 2. The third-order valence-corrected chi connectivity index (χ3v) is 4.54. The highest BCUT2D eigenvalue weighted by Gasteiger charge is 2.16. The average molecular weight is 387 g/mol. The highest BCUT2D eigenvalue weighted by molar-refractivity contribution is 6.30. The van der Waals surface area contributed by atoms with Gasteiger partial charge in [-0.05, 0) is 49.2 Å². The van der Waals surface area contributed by atoms with E-state index < -0.39 is 0 Å². The molecule has 0 aliphatic heterocycles. The molecule has 2 amide bonds. The third kappa shape index (κ3) is 5.93. The van der Waals surface area contributed by atoms with Crippen LogP contribution >= 0.6 is 11.6 Å². The van der Waals surface area contributed by atoms with E-state index in [2.05, 4.69) is 5.32 Å². The van der Waals surface area contributed by atoms with Crippen LogP contribution in [0.1, 0.15) is 34.3 Å². The van der Waals surface area contributed by atoms with Gasteiger partial charge >= 0.3 is 0 Å². The largest absolute Gasteiger partial charge is 0.336 e. The molecule has 0 aliphatic rings. The number of Topliss-reactive ketones (excluding diaryl/α,β-unsaturated/α-hetero) is 1. The van der Waals surface area contributed by atoms with Crippen LogP contribution in [-0.4, -0.2) is 36.1 Å². The molecule has 142 valence electrons. The fraction of sp³-hybridized carbons (Fsp3) is 0.286. The summed E-state index contributed by atoms with van der Waals surface area (Å²) in [6, 6.07) is 12.3. The molecule has 0 aliphatic carbocycles. The molecule has 6 heteroatoms. The molecule has 5 nitrogen and oxygen atoms in total. The van der Waals surface area contributed by atoms with Crippen molar-refractivity contribution in [3.8, 4) is 0 Å². The standard InChI is InChI=1S/C21H23ClN2O3/c1-14-5-4-6-15(2)21(14)23-19(26)13-24(3)20(27)12-11-18(25)16-7-9-17(22)10-8-16/h4-10H,11-13H2,1-3H3,(H,23,26). The van der Waals surface area contributed by atoms with Crippen molar-refractivity contribution in [2.45, 2.75) is 26.7 Å². The van der Waals surface area contributed by atoms with Gasteiger partial charge in [0, 0.05) is 36.2 Å². The summed E-state index contributed by atoms with van der Waals surface area (Å²) >= 11 is 5.80. The van der Waals surface area contributed by atoms with Crippen LogP contribution in [0.3, 0.4) is 0 Å². The zero-order chi connectivity index (χ0) is 20.0. The van der Waals surface area contributed by atoms with Crippen LogP contribution in [0.5, 0.6) is 0 Å². The van der Waals surface area contributed by atoms with Gasteiger partial charge in [0.15, 0.2) is 5.78 Å². The van der Waals surface area contributed by atoms with E-state index in [1.54, 1.807) is 31.3 Å². The van der Waals surface area contributed by atoms with Crippen LogP contribution in [0.2, 0.25) is 5.02 Å². The molecular weight excluding hydrogens is 364 g/mol. The molecule has 2 aromatic rings. The Bertz CT molecular complexity index is 827. The van der Waals surface area contributed by atoms with E-state index >= 15 is 0 Å². The Kier molecular flexibility index (Phi) is 7.13. The maximum atomic E-state index is 12.2. The van der Waals surface area contributed by atoms with Crippen LogP contribution < -0.4 is 5.32 Å². The van der Waals surface area contributed by atoms with E-state index in [9.17, 15) is 14.4 Å². The number of rotatable bonds is 7. The number of ketones is 1. The molecule has 0 bridgehead atoms. The second kappa shape index (κ2) is 9.33. The summed E-state index contributed by atoms with van der Waals surface area (Å²) in [5, 5.41) is 3.40. The van der Waals surface area contributed by atoms with Crippen LogP contribution in [0, 0.1) is 13.8 Å². The van der Waals surface area contributed by atoms with Crippen molar-refractivity contribution in [2.75, 3.05) is 18.9 Å². The first kappa shape index (κ1) is 20.6. The van der Waals surface area contributed by atoms with Crippen molar-refractivity contribution >= 4 is 34.9 Å². The Hall–Kier alpha value is -2.66. The van der Waals surface area contributed by atoms with Gasteiger partial charge in [-0.25, -0.2) is 0 Å². The maximum Gasteiger partial charge on any atom is 0.243 e. The van der Waals surface area contributed by atoms with Gasteiger partial charge in [0.25, 0.3) is 0 Å². The number of anilines is 1. The molecule has 0 saturated heterocycles. The smallest absolute Gasteiger partial charge is 0.243 e. The second-order valence-corrected chi connectivity index (χ2v) is 6.93. The van der Waals surface area contributed by atoms with E-state index in [0.717, 1.165) is 16.8 Å². The van der Waals surface area contributed by atoms with Gasteiger partial charge in [-0.3, -0.25) is 14.4 Å². The van der Waals surface area contributed by atoms with E-state index in [0.29, 0.717) is 10.6 Å². The average Bonchev–Trinajstić information content (AvgIpc) is 2.63. The first-order chi connectivity index (χ1) is 12.8. The minimum atomic E-state index is -0.271. The number of carbonyl (C=O) groups is 3. The number of nitrogens with one attached hydrogen (secondary N) is 1. The first-order valence-electron chi connectivity index (χ1n) is 8.66. The van der Waals surface area contributed by atoms with Crippen LogP contribution in [-0.2, 0) is 9.59 Å². The van der Waals surface area contributed by atoms with E-state index in [-0.39, 0.29) is 37.0 Å². The summed E-state index contributed by atoms with van der Waals surface area (Å²) < 4.78 is 0. The topological polar surface area (TPSA) is 66.5 Å². The lowest BCUT2D eigenvalue weighted by atomic mass is 10.1. The van der Waals surface area contributed by atoms with Gasteiger partial charge in [-0.1, -0.05) is 29.8 Å². The maximum absolute atomic E-state index is 12.2. The Balaban J connectivity index is 1.85. The minimum absolute atomic E-state index is 0.0502. The fourth-order valence-corrected chi connectivity index (χ4v) is 2.81. The van der Waals surface area contributed by atoms with Crippen molar-refractivity contribution in [2.24, 2.45) is 0 Å². The lowest BCUT2D eigenvalue weighted by Crippen LogP contribution is -2.35. The van der Waals surface area contributed by atoms with Crippen molar-refractivity contribution in [1.29, 1.82) is 0 Å². The number of amides is 2. The molecule has 0 aromatic heterocycles. The number of benzene rings is 2. The molecule has 0 unspecified atom stereocenters. The summed E-state index contributed by atoms with van der Waals surface area (Å²) in [4.78, 5) is 37.9. The van der Waals surface area contributed by atoms with E-state index in [4.69, 9.17) is 11.6 Å². The lowest BCUT2D eigenvalue weighted by molar-refractivity contribution is -0.133. The molecule has 27 heavy (non-hydrogen) atoms. The number of para-hydroxylation sites is 1. The Morgan fingerprint density at radius 3 is 2.15 bits per heavy atom. The van der Waals surface area contributed by atoms with Gasteiger partial charge in [0.2, 0.25) is 11.8 Å². The quantitative estimate of drug-likeness (QED) is 0.731. The van der Waals surface area contributed by atoms with Crippen molar-refractivity contribution < 1.29 is 14.4 Å². The number of likely N-dealkylation sites (N-methyl/N-ethyl adjacent to an activating group) is 1.